The second-order valence-corrected chi connectivity index (χ2v) is 6.60. The van der Waals surface area contributed by atoms with E-state index in [1.165, 1.54) is 5.56 Å². The highest BCUT2D eigenvalue weighted by atomic mass is 79.9. The average Bonchev–Trinajstić information content (AvgIpc) is 2.75. The van der Waals surface area contributed by atoms with Crippen LogP contribution in [0.5, 0.6) is 5.75 Å². The first kappa shape index (κ1) is 20.3. The van der Waals surface area contributed by atoms with Gasteiger partial charge in [-0.1, -0.05) is 47.1 Å². The number of aromatic nitrogens is 2. The number of anilines is 1. The fourth-order valence-corrected chi connectivity index (χ4v) is 3.30. The third-order valence-electron chi connectivity index (χ3n) is 4.72. The molecule has 0 radical (unpaired) electrons. The lowest BCUT2D eigenvalue weighted by Gasteiger charge is -2.26. The van der Waals surface area contributed by atoms with E-state index in [1.54, 1.807) is 7.11 Å². The molecule has 3 aromatic rings. The monoisotopic (exact) mass is 441 g/mol. The minimum absolute atomic E-state index is 0. The number of rotatable bonds is 5. The molecular weight excluding hydrogens is 418 g/mol. The minimum atomic E-state index is 0. The van der Waals surface area contributed by atoms with Crippen molar-refractivity contribution in [3.8, 4) is 16.9 Å². The first-order valence-corrected chi connectivity index (χ1v) is 9.25. The summed E-state index contributed by atoms with van der Waals surface area (Å²) >= 11 is 0. The molecule has 0 bridgehead atoms. The quantitative estimate of drug-likeness (QED) is 0.519. The van der Waals surface area contributed by atoms with Gasteiger partial charge in [-0.15, -0.1) is 0 Å². The van der Waals surface area contributed by atoms with Crippen molar-refractivity contribution in [3.63, 3.8) is 0 Å². The standard InChI is InChI=1S/C22H24N3O2.BrH/c1-26-21-9-5-6-18(14-21)16-25-17-20(19-7-3-2-4-8-19)15-22(23-25)24-10-12-27-13-11-24;/h2-9,14-15,17H,10-13,16H2,1H3;1H/q+1;/p-1. The van der Waals surface area contributed by atoms with Crippen LogP contribution in [0, 0.1) is 0 Å². The van der Waals surface area contributed by atoms with Crippen LogP contribution in [-0.2, 0) is 11.3 Å². The average molecular weight is 442 g/mol. The van der Waals surface area contributed by atoms with Gasteiger partial charge in [0.05, 0.1) is 25.9 Å². The van der Waals surface area contributed by atoms with Crippen LogP contribution in [-0.4, -0.2) is 38.5 Å². The maximum Gasteiger partial charge on any atom is 0.204 e. The van der Waals surface area contributed by atoms with Crippen LogP contribution in [0.3, 0.4) is 0 Å². The van der Waals surface area contributed by atoms with Crippen LogP contribution >= 0.6 is 0 Å². The molecule has 1 aliphatic heterocycles. The number of morpholine rings is 1. The van der Waals surface area contributed by atoms with Gasteiger partial charge in [-0.05, 0) is 17.7 Å². The van der Waals surface area contributed by atoms with Gasteiger partial charge >= 0.3 is 0 Å². The molecule has 0 amide bonds. The van der Waals surface area contributed by atoms with E-state index in [2.05, 4.69) is 53.6 Å². The van der Waals surface area contributed by atoms with Gasteiger partial charge in [0.25, 0.3) is 0 Å². The van der Waals surface area contributed by atoms with Crippen molar-refractivity contribution in [1.82, 2.24) is 5.10 Å². The van der Waals surface area contributed by atoms with Gasteiger partial charge in [0.2, 0.25) is 6.20 Å². The molecule has 2 aromatic carbocycles. The molecular formula is C22H24BrN3O2. The summed E-state index contributed by atoms with van der Waals surface area (Å²) in [5.74, 6) is 1.85. The van der Waals surface area contributed by atoms with Gasteiger partial charge in [0.1, 0.15) is 5.75 Å². The van der Waals surface area contributed by atoms with E-state index in [-0.39, 0.29) is 17.0 Å². The molecule has 6 heteroatoms. The largest absolute Gasteiger partial charge is 1.00 e. The molecule has 1 fully saturated rings. The van der Waals surface area contributed by atoms with Crippen molar-refractivity contribution in [2.45, 2.75) is 6.54 Å². The first-order valence-electron chi connectivity index (χ1n) is 9.25. The molecule has 1 aromatic heterocycles. The zero-order valence-corrected chi connectivity index (χ0v) is 17.5. The molecule has 146 valence electrons. The topological polar surface area (TPSA) is 38.5 Å². The van der Waals surface area contributed by atoms with E-state index in [4.69, 9.17) is 14.6 Å². The lowest BCUT2D eigenvalue weighted by atomic mass is 10.1. The highest BCUT2D eigenvalue weighted by Gasteiger charge is 2.19. The third-order valence-corrected chi connectivity index (χ3v) is 4.72. The van der Waals surface area contributed by atoms with Gasteiger partial charge in [-0.25, -0.2) is 0 Å². The molecule has 0 N–H and O–H groups in total. The van der Waals surface area contributed by atoms with Crippen molar-refractivity contribution in [3.05, 3.63) is 72.4 Å². The van der Waals surface area contributed by atoms with Crippen LogP contribution < -0.4 is 31.3 Å². The number of nitrogens with zero attached hydrogens (tertiary/aromatic N) is 3. The van der Waals surface area contributed by atoms with Gasteiger partial charge in [0, 0.05) is 29.8 Å². The number of ether oxygens (including phenoxy) is 2. The summed E-state index contributed by atoms with van der Waals surface area (Å²) in [5, 5.41) is 4.88. The molecule has 0 atom stereocenters. The molecule has 5 nitrogen and oxygen atoms in total. The Morgan fingerprint density at radius 2 is 1.79 bits per heavy atom. The molecule has 0 aliphatic carbocycles. The SMILES string of the molecule is COc1cccc(C[n+]2cc(-c3ccccc3)cc(N3CCOCC3)n2)c1.[Br-]. The number of benzene rings is 2. The Labute approximate surface area is 176 Å². The van der Waals surface area contributed by atoms with Gasteiger partial charge in [-0.3, -0.25) is 0 Å². The van der Waals surface area contributed by atoms with Crippen molar-refractivity contribution in [2.24, 2.45) is 0 Å². The number of methoxy groups -OCH3 is 1. The molecule has 28 heavy (non-hydrogen) atoms. The number of hydrogen-bond donors (Lipinski definition) is 0. The molecule has 2 heterocycles. The summed E-state index contributed by atoms with van der Waals surface area (Å²) in [4.78, 5) is 2.29. The predicted octanol–water partition coefficient (Wildman–Crippen LogP) is -0.0664. The molecule has 1 saturated heterocycles. The number of hydrogen-bond acceptors (Lipinski definition) is 4. The first-order chi connectivity index (χ1) is 13.3. The highest BCUT2D eigenvalue weighted by Crippen LogP contribution is 2.22. The fraction of sp³-hybridized carbons (Fsp3) is 0.273. The van der Waals surface area contributed by atoms with Crippen LogP contribution in [0.4, 0.5) is 5.82 Å². The maximum absolute atomic E-state index is 5.50. The molecule has 0 saturated carbocycles. The highest BCUT2D eigenvalue weighted by molar-refractivity contribution is 5.64. The van der Waals surface area contributed by atoms with E-state index in [9.17, 15) is 0 Å². The Bertz CT molecular complexity index is 899. The molecule has 0 unspecified atom stereocenters. The Morgan fingerprint density at radius 3 is 2.54 bits per heavy atom. The van der Waals surface area contributed by atoms with E-state index < -0.39 is 0 Å². The van der Waals surface area contributed by atoms with Gasteiger partial charge in [-0.2, -0.15) is 0 Å². The van der Waals surface area contributed by atoms with Crippen LogP contribution in [0.2, 0.25) is 0 Å². The van der Waals surface area contributed by atoms with E-state index >= 15 is 0 Å². The Balaban J connectivity index is 0.00000225. The Morgan fingerprint density at radius 1 is 1.00 bits per heavy atom. The summed E-state index contributed by atoms with van der Waals surface area (Å²) in [6.45, 7) is 3.91. The zero-order valence-electron chi connectivity index (χ0n) is 15.9. The van der Waals surface area contributed by atoms with Crippen LogP contribution in [0.25, 0.3) is 11.1 Å². The summed E-state index contributed by atoms with van der Waals surface area (Å²) in [6.07, 6.45) is 2.11. The summed E-state index contributed by atoms with van der Waals surface area (Å²) < 4.78 is 12.9. The smallest absolute Gasteiger partial charge is 0.204 e. The summed E-state index contributed by atoms with van der Waals surface area (Å²) in [5.41, 5.74) is 3.51. The predicted molar refractivity (Wildman–Crippen MR) is 105 cm³/mol. The zero-order chi connectivity index (χ0) is 18.5. The fourth-order valence-electron chi connectivity index (χ4n) is 3.30. The molecule has 4 rings (SSSR count). The van der Waals surface area contributed by atoms with E-state index in [0.29, 0.717) is 6.54 Å². The lowest BCUT2D eigenvalue weighted by Crippen LogP contribution is -3.00. The Hall–Kier alpha value is -2.44. The second-order valence-electron chi connectivity index (χ2n) is 6.60. The number of halogens is 1. The normalized spacial score (nSPS) is 13.7. The van der Waals surface area contributed by atoms with E-state index in [0.717, 1.165) is 49.0 Å². The molecule has 1 aliphatic rings. The van der Waals surface area contributed by atoms with Crippen molar-refractivity contribution in [1.29, 1.82) is 0 Å². The van der Waals surface area contributed by atoms with Gasteiger partial charge in [0.15, 0.2) is 12.4 Å². The summed E-state index contributed by atoms with van der Waals surface area (Å²) in [7, 11) is 1.69. The minimum Gasteiger partial charge on any atom is -1.00 e. The van der Waals surface area contributed by atoms with Crippen LogP contribution in [0.15, 0.2) is 66.9 Å². The van der Waals surface area contributed by atoms with Crippen molar-refractivity contribution in [2.75, 3.05) is 38.3 Å². The van der Waals surface area contributed by atoms with Crippen LogP contribution in [0.1, 0.15) is 5.56 Å². The van der Waals surface area contributed by atoms with Crippen molar-refractivity contribution < 1.29 is 31.1 Å². The van der Waals surface area contributed by atoms with E-state index in [1.807, 2.05) is 22.9 Å². The van der Waals surface area contributed by atoms with Crippen molar-refractivity contribution >= 4 is 5.82 Å². The molecule has 0 spiro atoms. The maximum atomic E-state index is 5.50. The lowest BCUT2D eigenvalue weighted by molar-refractivity contribution is -0.744. The van der Waals surface area contributed by atoms with Gasteiger partial charge < -0.3 is 31.4 Å². The Kier molecular flexibility index (Phi) is 7.01. The second kappa shape index (κ2) is 9.66. The third kappa shape index (κ3) is 4.88. The summed E-state index contributed by atoms with van der Waals surface area (Å²) in [6, 6.07) is 20.7.